The predicted molar refractivity (Wildman–Crippen MR) is 416 cm³/mol. The van der Waals surface area contributed by atoms with Crippen LogP contribution in [-0.4, -0.2) is 169 Å². The zero-order valence-corrected chi connectivity index (χ0v) is 69.4. The number of nitrogens with one attached hydrogen (secondary N) is 2. The first-order valence-corrected chi connectivity index (χ1v) is 43.2. The molecule has 4 amide bonds. The van der Waals surface area contributed by atoms with Crippen LogP contribution in [0.25, 0.3) is 21.5 Å². The number of ether oxygens (including phenoxy) is 6. The van der Waals surface area contributed by atoms with E-state index in [0.29, 0.717) is 99.3 Å². The van der Waals surface area contributed by atoms with E-state index in [0.717, 1.165) is 27.7 Å². The number of esters is 2. The minimum atomic E-state index is -4.03. The predicted octanol–water partition coefficient (Wildman–Crippen LogP) is 13.4. The molecule has 32 heteroatoms. The smallest absolute Gasteiger partial charge is 0.307 e. The zero-order chi connectivity index (χ0) is 84.7. The van der Waals surface area contributed by atoms with Crippen molar-refractivity contribution in [2.45, 2.75) is 255 Å². The summed E-state index contributed by atoms with van der Waals surface area (Å²) in [6.07, 6.45) is 7.45. The van der Waals surface area contributed by atoms with E-state index in [2.05, 4.69) is 19.4 Å². The first-order valence-electron chi connectivity index (χ1n) is 40.2. The van der Waals surface area contributed by atoms with E-state index < -0.39 is 196 Å². The molecule has 0 radical (unpaired) electrons. The number of halogens is 6. The van der Waals surface area contributed by atoms with Crippen LogP contribution >= 0.6 is 0 Å². The molecule has 2 saturated heterocycles. The van der Waals surface area contributed by atoms with Gasteiger partial charge in [0.2, 0.25) is 55.4 Å². The van der Waals surface area contributed by atoms with Crippen molar-refractivity contribution in [1.82, 2.24) is 29.2 Å². The van der Waals surface area contributed by atoms with Gasteiger partial charge in [-0.15, -0.1) is 0 Å². The van der Waals surface area contributed by atoms with Gasteiger partial charge in [0.1, 0.15) is 35.3 Å². The standard InChI is InChI=1S/2C42H54F3N3O9S/c2*1-7-25-16-24(2)10-8-9-11-26-20-42(26,39(52)47-58(53,54)41(5)14-15-41)21-33(49)32-18-28(56-36-31-17-27(43)12-13-29(31)34(55-6)22-46-36)23-48(32)37(51)30(25)19-35(50)57-40(3,4)38(44)45/h2*9,11-13,17,22,24-26,28,30,32,38H,7-8,10,14-16,18-21,23H2,1-6H3,(H,47,52)/b2*11-9-/t24-,25+,26+,28+,30-,32-,42+;24-,25-,26-,28-,30+,32+,42-/m01/s1. The van der Waals surface area contributed by atoms with Gasteiger partial charge in [-0.3, -0.25) is 47.8 Å². The van der Waals surface area contributed by atoms with E-state index in [9.17, 15) is 81.5 Å². The molecule has 4 aliphatic heterocycles. The number of rotatable bonds is 22. The number of ketones is 2. The Labute approximate surface area is 673 Å². The first-order chi connectivity index (χ1) is 54.5. The van der Waals surface area contributed by atoms with Gasteiger partial charge >= 0.3 is 11.9 Å². The quantitative estimate of drug-likeness (QED) is 0.0419. The second-order valence-electron chi connectivity index (χ2n) is 35.0. The number of fused-ring (bicyclic) bond motifs is 6. The van der Waals surface area contributed by atoms with Crippen LogP contribution in [0.4, 0.5) is 26.3 Å². The molecule has 4 aromatic rings. The summed E-state index contributed by atoms with van der Waals surface area (Å²) in [4.78, 5) is 125. The number of hydrogen-bond acceptors (Lipinski definition) is 20. The maximum absolute atomic E-state index is 15.0. The van der Waals surface area contributed by atoms with E-state index >= 15 is 0 Å². The number of aromatic nitrogens is 2. The second kappa shape index (κ2) is 34.5. The highest BCUT2D eigenvalue weighted by Crippen LogP contribution is 2.60. The molecule has 2 aromatic carbocycles. The first kappa shape index (κ1) is 88.4. The fraction of sp³-hybridized carbons (Fsp3) is 0.643. The average molecular weight is 1670 g/mol. The van der Waals surface area contributed by atoms with Crippen molar-refractivity contribution in [1.29, 1.82) is 0 Å². The van der Waals surface area contributed by atoms with Crippen molar-refractivity contribution >= 4 is 88.7 Å². The molecule has 0 spiro atoms. The van der Waals surface area contributed by atoms with Crippen molar-refractivity contribution in [3.63, 3.8) is 0 Å². The number of methoxy groups -OCH3 is 2. The molecule has 6 heterocycles. The van der Waals surface area contributed by atoms with Gasteiger partial charge in [-0.2, -0.15) is 0 Å². The molecule has 2 N–H and O–H groups in total. The van der Waals surface area contributed by atoms with E-state index in [4.69, 9.17) is 28.4 Å². The van der Waals surface area contributed by atoms with Crippen LogP contribution in [0.2, 0.25) is 0 Å². The van der Waals surface area contributed by atoms with Gasteiger partial charge in [0.05, 0.1) is 108 Å². The highest BCUT2D eigenvalue weighted by atomic mass is 32.2. The number of pyridine rings is 2. The molecule has 636 valence electrons. The monoisotopic (exact) mass is 1670 g/mol. The second-order valence-corrected chi connectivity index (χ2v) is 39.4. The molecule has 6 fully saturated rings. The molecule has 4 saturated carbocycles. The molecule has 24 nitrogen and oxygen atoms in total. The lowest BCUT2D eigenvalue weighted by Gasteiger charge is -2.34. The highest BCUT2D eigenvalue weighted by molar-refractivity contribution is 7.92. The lowest BCUT2D eigenvalue weighted by Crippen LogP contribution is -2.48. The van der Waals surface area contributed by atoms with Gasteiger partial charge in [-0.1, -0.05) is 64.8 Å². The van der Waals surface area contributed by atoms with E-state index in [1.807, 2.05) is 52.0 Å². The highest BCUT2D eigenvalue weighted by Gasteiger charge is 2.65. The molecule has 116 heavy (non-hydrogen) atoms. The van der Waals surface area contributed by atoms with Crippen molar-refractivity contribution in [3.05, 3.63) is 84.7 Å². The number of Topliss-reactive ketones (excluding diaryl/α,β-unsaturated/α-hetero) is 2. The SMILES string of the molecule is CC[C@@H]1C[C@@H](C)CC/C=C\[C@@H]2C[C@@]2(C(=O)NS(=O)(=O)C2(C)CC2)CC(=O)[C@@H]2C[C@@H](Oc3ncc(OC)c4ccc(F)cc34)CN2C(=O)[C@H]1CC(=O)OC(C)(C)C(F)F.CC[C@@H]1C[C@H](C)CC/C=C\[C@@H]2C[C@@]2(C(=O)NS(=O)(=O)C2(C)CC2)CC(=O)[C@@H]2C[C@@H](Oc3ncc(OC)c4ccc(F)cc34)CN2C(=O)[C@H]1CC(=O)OC(C)(C)C(F)F. The molecule has 0 bridgehead atoms. The lowest BCUT2D eigenvalue weighted by atomic mass is 9.79. The Morgan fingerprint density at radius 3 is 1.26 bits per heavy atom. The molecular formula is C84H108F6N6O18S2. The van der Waals surface area contributed by atoms with Crippen LogP contribution in [0, 0.1) is 69.8 Å². The van der Waals surface area contributed by atoms with E-state index in [1.165, 1.54) is 72.8 Å². The van der Waals surface area contributed by atoms with Gasteiger partial charge in [0.25, 0.3) is 12.9 Å². The Bertz CT molecular complexity index is 4440. The normalized spacial score (nSPS) is 29.4. The number of allylic oxidation sites excluding steroid dienone is 4. The maximum atomic E-state index is 15.0. The minimum absolute atomic E-state index is 0.0274. The third-order valence-corrected chi connectivity index (χ3v) is 29.7. The van der Waals surface area contributed by atoms with Crippen LogP contribution < -0.4 is 28.4 Å². The molecule has 4 aliphatic carbocycles. The Morgan fingerprint density at radius 1 is 0.569 bits per heavy atom. The number of carbonyl (C=O) groups excluding carboxylic acids is 8. The van der Waals surface area contributed by atoms with Crippen LogP contribution in [0.5, 0.6) is 23.3 Å². The zero-order valence-electron chi connectivity index (χ0n) is 67.8. The Kier molecular flexibility index (Phi) is 26.3. The lowest BCUT2D eigenvalue weighted by molar-refractivity contribution is -0.175. The van der Waals surface area contributed by atoms with Crippen molar-refractivity contribution < 1.29 is 110 Å². The summed E-state index contributed by atoms with van der Waals surface area (Å²) in [5.41, 5.74) is -6.99. The van der Waals surface area contributed by atoms with Gasteiger partial charge in [-0.25, -0.2) is 53.1 Å². The number of benzene rings is 2. The molecule has 12 rings (SSSR count). The van der Waals surface area contributed by atoms with Crippen LogP contribution in [0.3, 0.4) is 0 Å². The molecular weight excluding hydrogens is 1560 g/mol. The van der Waals surface area contributed by atoms with Crippen molar-refractivity contribution in [3.8, 4) is 23.3 Å². The summed E-state index contributed by atoms with van der Waals surface area (Å²) in [6, 6.07) is 5.68. The summed E-state index contributed by atoms with van der Waals surface area (Å²) < 4.78 is 174. The van der Waals surface area contributed by atoms with Crippen LogP contribution in [0.1, 0.15) is 198 Å². The van der Waals surface area contributed by atoms with Crippen LogP contribution in [-0.2, 0) is 67.9 Å². The summed E-state index contributed by atoms with van der Waals surface area (Å²) in [5, 5.41) is 1.60. The summed E-state index contributed by atoms with van der Waals surface area (Å²) >= 11 is 0. The van der Waals surface area contributed by atoms with E-state index in [1.54, 1.807) is 13.8 Å². The molecule has 0 unspecified atom stereocenters. The van der Waals surface area contributed by atoms with Crippen molar-refractivity contribution in [2.24, 2.45) is 58.2 Å². The third kappa shape index (κ3) is 19.1. The minimum Gasteiger partial charge on any atom is -0.494 e. The Hall–Kier alpha value is -8.42. The fourth-order valence-corrected chi connectivity index (χ4v) is 19.6. The number of sulfonamides is 2. The summed E-state index contributed by atoms with van der Waals surface area (Å²) in [6.45, 7) is 15.0. The van der Waals surface area contributed by atoms with Gasteiger partial charge < -0.3 is 38.2 Å². The largest absolute Gasteiger partial charge is 0.494 e. The Morgan fingerprint density at radius 2 is 0.931 bits per heavy atom. The van der Waals surface area contributed by atoms with Crippen LogP contribution in [0.15, 0.2) is 73.1 Å². The average Bonchev–Trinajstić information content (AvgIpc) is 1.57. The molecule has 8 aliphatic rings. The number of alkyl halides is 4. The number of nitrogens with zero attached hydrogens (tertiary/aromatic N) is 4. The van der Waals surface area contributed by atoms with E-state index in [-0.39, 0.29) is 86.0 Å². The molecule has 2 aromatic heterocycles. The molecule has 14 atom stereocenters. The van der Waals surface area contributed by atoms with Crippen molar-refractivity contribution in [2.75, 3.05) is 27.3 Å². The van der Waals surface area contributed by atoms with Gasteiger partial charge in [0, 0.05) is 36.5 Å². The van der Waals surface area contributed by atoms with Gasteiger partial charge in [0.15, 0.2) is 22.8 Å². The summed E-state index contributed by atoms with van der Waals surface area (Å²) in [5.74, 6) is -9.65. The number of amides is 4. The topological polar surface area (TPSA) is 317 Å². The fourth-order valence-electron chi connectivity index (χ4n) is 17.0. The van der Waals surface area contributed by atoms with Gasteiger partial charge in [-0.05, 0) is 190 Å². The number of carbonyl (C=O) groups is 8. The maximum Gasteiger partial charge on any atom is 0.307 e. The third-order valence-electron chi connectivity index (χ3n) is 25.4. The Balaban J connectivity index is 0.000000228. The summed E-state index contributed by atoms with van der Waals surface area (Å²) in [7, 11) is -5.18. The number of hydrogen-bond donors (Lipinski definition) is 2.